The average molecular weight is 471 g/mol. The number of benzene rings is 3. The van der Waals surface area contributed by atoms with Gasteiger partial charge in [-0.3, -0.25) is 4.79 Å². The summed E-state index contributed by atoms with van der Waals surface area (Å²) in [5.41, 5.74) is 9.77. The van der Waals surface area contributed by atoms with Crippen LogP contribution in [0.2, 0.25) is 0 Å². The van der Waals surface area contributed by atoms with Gasteiger partial charge in [0.15, 0.2) is 0 Å². The van der Waals surface area contributed by atoms with E-state index in [0.29, 0.717) is 12.0 Å². The van der Waals surface area contributed by atoms with Gasteiger partial charge in [-0.1, -0.05) is 103 Å². The van der Waals surface area contributed by atoms with Gasteiger partial charge in [-0.25, -0.2) is 0 Å². The Kier molecular flexibility index (Phi) is 7.22. The number of hydrogen-bond acceptors (Lipinski definition) is 4. The van der Waals surface area contributed by atoms with Crippen LogP contribution >= 0.6 is 0 Å². The Labute approximate surface area is 205 Å². The molecule has 0 radical (unpaired) electrons. The van der Waals surface area contributed by atoms with Gasteiger partial charge >= 0.3 is 0 Å². The van der Waals surface area contributed by atoms with Gasteiger partial charge < -0.3 is 15.1 Å². The summed E-state index contributed by atoms with van der Waals surface area (Å²) in [5, 5.41) is 27.4. The van der Waals surface area contributed by atoms with Crippen LogP contribution in [-0.2, 0) is 4.79 Å². The zero-order valence-corrected chi connectivity index (χ0v) is 19.8. The van der Waals surface area contributed by atoms with Crippen molar-refractivity contribution in [3.63, 3.8) is 0 Å². The van der Waals surface area contributed by atoms with Crippen molar-refractivity contribution >= 4 is 5.91 Å². The van der Waals surface area contributed by atoms with Crippen molar-refractivity contribution in [2.45, 2.75) is 50.6 Å². The van der Waals surface area contributed by atoms with E-state index >= 15 is 0 Å². The zero-order chi connectivity index (χ0) is 25.0. The van der Waals surface area contributed by atoms with E-state index in [1.807, 2.05) is 73.7 Å². The lowest BCUT2D eigenvalue weighted by molar-refractivity contribution is -0.222. The van der Waals surface area contributed by atoms with Gasteiger partial charge in [-0.05, 0) is 35.6 Å². The Bertz CT molecular complexity index is 1180. The minimum atomic E-state index is -1.64. The number of azide groups is 1. The van der Waals surface area contributed by atoms with Crippen molar-refractivity contribution in [3.8, 4) is 0 Å². The van der Waals surface area contributed by atoms with Gasteiger partial charge in [-0.2, -0.15) is 0 Å². The summed E-state index contributed by atoms with van der Waals surface area (Å²) in [6.07, 6.45) is -2.41. The smallest absolute Gasteiger partial charge is 0.237 e. The summed E-state index contributed by atoms with van der Waals surface area (Å²) in [6, 6.07) is 26.1. The molecule has 1 amide bonds. The third kappa shape index (κ3) is 4.08. The highest BCUT2D eigenvalue weighted by Gasteiger charge is 2.70. The third-order valence-corrected chi connectivity index (χ3v) is 7.19. The van der Waals surface area contributed by atoms with Crippen LogP contribution in [0.5, 0.6) is 0 Å². The van der Waals surface area contributed by atoms with Crippen molar-refractivity contribution in [1.29, 1.82) is 0 Å². The molecule has 0 aliphatic carbocycles. The fourth-order valence-corrected chi connectivity index (χ4v) is 5.37. The van der Waals surface area contributed by atoms with E-state index in [0.717, 1.165) is 11.1 Å². The maximum absolute atomic E-state index is 14.2. The van der Waals surface area contributed by atoms with E-state index < -0.39 is 29.7 Å². The SMILES string of the molecule is CC[C@@H](N=[N+]=[N-])[C@@H](O)C1([C@H](O)c2ccccc2)C(=O)N([C@@H](C)c2ccccc2)[C@H]1c1ccccc1. The number of aliphatic hydroxyl groups is 2. The van der Waals surface area contributed by atoms with Crippen molar-refractivity contribution < 1.29 is 15.0 Å². The summed E-state index contributed by atoms with van der Waals surface area (Å²) in [7, 11) is 0. The Morgan fingerprint density at radius 2 is 1.46 bits per heavy atom. The quantitative estimate of drug-likeness (QED) is 0.186. The van der Waals surface area contributed by atoms with Crippen molar-refractivity contribution in [2.75, 3.05) is 0 Å². The minimum Gasteiger partial charge on any atom is -0.391 e. The van der Waals surface area contributed by atoms with Crippen LogP contribution < -0.4 is 0 Å². The van der Waals surface area contributed by atoms with Crippen LogP contribution in [0.25, 0.3) is 10.4 Å². The molecule has 0 bridgehead atoms. The molecule has 4 rings (SSSR count). The second kappa shape index (κ2) is 10.3. The molecular weight excluding hydrogens is 440 g/mol. The molecule has 0 spiro atoms. The molecule has 7 nitrogen and oxygen atoms in total. The van der Waals surface area contributed by atoms with E-state index in [1.165, 1.54) is 0 Å². The number of β-lactam (4-membered cyclic amide) rings is 1. The molecule has 6 atom stereocenters. The summed E-state index contributed by atoms with van der Waals surface area (Å²) in [4.78, 5) is 18.9. The van der Waals surface area contributed by atoms with Crippen LogP contribution in [0.3, 0.4) is 0 Å². The van der Waals surface area contributed by atoms with Crippen LogP contribution in [0.1, 0.15) is 55.1 Å². The molecule has 1 heterocycles. The molecule has 3 aromatic carbocycles. The second-order valence-corrected chi connectivity index (χ2v) is 8.98. The maximum Gasteiger partial charge on any atom is 0.237 e. The lowest BCUT2D eigenvalue weighted by Crippen LogP contribution is -2.72. The minimum absolute atomic E-state index is 0.309. The first-order valence-electron chi connectivity index (χ1n) is 11.9. The molecule has 1 saturated heterocycles. The number of likely N-dealkylation sites (tertiary alicyclic amines) is 1. The molecular formula is C28H30N4O3. The predicted molar refractivity (Wildman–Crippen MR) is 134 cm³/mol. The van der Waals surface area contributed by atoms with Gasteiger partial charge in [0.25, 0.3) is 0 Å². The zero-order valence-electron chi connectivity index (χ0n) is 19.8. The summed E-state index contributed by atoms with van der Waals surface area (Å²) < 4.78 is 0. The summed E-state index contributed by atoms with van der Waals surface area (Å²) in [6.45, 7) is 3.73. The molecule has 1 fully saturated rings. The van der Waals surface area contributed by atoms with E-state index in [4.69, 9.17) is 5.53 Å². The first-order chi connectivity index (χ1) is 17.0. The van der Waals surface area contributed by atoms with E-state index in [1.54, 1.807) is 36.1 Å². The molecule has 0 saturated carbocycles. The van der Waals surface area contributed by atoms with Gasteiger partial charge in [0.05, 0.1) is 30.3 Å². The van der Waals surface area contributed by atoms with Gasteiger partial charge in [0.2, 0.25) is 5.91 Å². The molecule has 3 aromatic rings. The van der Waals surface area contributed by atoms with Crippen molar-refractivity contribution in [1.82, 2.24) is 4.90 Å². The highest BCUT2D eigenvalue weighted by Crippen LogP contribution is 2.62. The topological polar surface area (TPSA) is 110 Å². The predicted octanol–water partition coefficient (Wildman–Crippen LogP) is 5.50. The van der Waals surface area contributed by atoms with E-state index in [9.17, 15) is 15.0 Å². The van der Waals surface area contributed by atoms with Crippen LogP contribution in [0.15, 0.2) is 96.1 Å². The number of nitrogens with zero attached hydrogens (tertiary/aromatic N) is 4. The summed E-state index contributed by atoms with van der Waals surface area (Å²) in [5.74, 6) is -0.377. The van der Waals surface area contributed by atoms with E-state index in [2.05, 4.69) is 10.0 Å². The van der Waals surface area contributed by atoms with Gasteiger partial charge in [0.1, 0.15) is 5.41 Å². The monoisotopic (exact) mass is 470 g/mol. The first-order valence-corrected chi connectivity index (χ1v) is 11.9. The summed E-state index contributed by atoms with van der Waals surface area (Å²) >= 11 is 0. The molecule has 0 aromatic heterocycles. The molecule has 35 heavy (non-hydrogen) atoms. The third-order valence-electron chi connectivity index (χ3n) is 7.19. The largest absolute Gasteiger partial charge is 0.391 e. The molecule has 1 aliphatic rings. The molecule has 180 valence electrons. The number of hydrogen-bond donors (Lipinski definition) is 2. The Balaban J connectivity index is 1.92. The Hall–Kier alpha value is -3.64. The normalized spacial score (nSPS) is 22.9. The van der Waals surface area contributed by atoms with Crippen molar-refractivity contribution in [3.05, 3.63) is 118 Å². The molecule has 2 N–H and O–H groups in total. The molecule has 1 unspecified atom stereocenters. The number of aliphatic hydroxyl groups excluding tert-OH is 2. The number of rotatable bonds is 9. The molecule has 1 aliphatic heterocycles. The number of amides is 1. The Morgan fingerprint density at radius 1 is 0.943 bits per heavy atom. The highest BCUT2D eigenvalue weighted by atomic mass is 16.3. The first kappa shape index (κ1) is 24.5. The average Bonchev–Trinajstić information content (AvgIpc) is 2.91. The van der Waals surface area contributed by atoms with Crippen LogP contribution in [-0.4, -0.2) is 33.2 Å². The Morgan fingerprint density at radius 3 is 1.97 bits per heavy atom. The van der Waals surface area contributed by atoms with Crippen LogP contribution in [0, 0.1) is 5.41 Å². The lowest BCUT2D eigenvalue weighted by Gasteiger charge is -2.62. The maximum atomic E-state index is 14.2. The fraction of sp³-hybridized carbons (Fsp3) is 0.321. The van der Waals surface area contributed by atoms with Gasteiger partial charge in [-0.15, -0.1) is 0 Å². The number of carbonyl (C=O) groups is 1. The molecule has 7 heteroatoms. The van der Waals surface area contributed by atoms with Crippen molar-refractivity contribution in [2.24, 2.45) is 10.5 Å². The standard InChI is InChI=1S/C28H30N4O3/c1-3-23(30-31-29)26(34)28(25(33)22-17-11-6-12-18-22)24(21-15-9-5-10-16-21)32(27(28)35)19(2)20-13-7-4-8-14-20/h4-19,23-26,33-34H,3H2,1-2H3/t19-,23+,24-,25+,26+,28?/m0/s1. The lowest BCUT2D eigenvalue weighted by atomic mass is 9.57. The highest BCUT2D eigenvalue weighted by molar-refractivity contribution is 5.93. The van der Waals surface area contributed by atoms with Crippen LogP contribution in [0.4, 0.5) is 0 Å². The van der Waals surface area contributed by atoms with Gasteiger partial charge in [0, 0.05) is 4.91 Å². The van der Waals surface area contributed by atoms with E-state index in [-0.39, 0.29) is 11.9 Å². The second-order valence-electron chi connectivity index (χ2n) is 8.98. The fourth-order valence-electron chi connectivity index (χ4n) is 5.37. The number of carbonyl (C=O) groups excluding carboxylic acids is 1.